The Labute approximate surface area is 193 Å². The second-order valence-electron chi connectivity index (χ2n) is 7.04. The summed E-state index contributed by atoms with van der Waals surface area (Å²) in [5.41, 5.74) is -1.05. The molecule has 0 aromatic carbocycles. The van der Waals surface area contributed by atoms with Crippen LogP contribution in [-0.4, -0.2) is 46.7 Å². The number of hydrogen-bond acceptors (Lipinski definition) is 5. The van der Waals surface area contributed by atoms with Crippen LogP contribution >= 0.6 is 30.7 Å². The van der Waals surface area contributed by atoms with Gasteiger partial charge in [0.1, 0.15) is 0 Å². The number of rotatable bonds is 12. The van der Waals surface area contributed by atoms with E-state index in [0.717, 1.165) is 37.7 Å². The van der Waals surface area contributed by atoms with Crippen molar-refractivity contribution in [1.29, 1.82) is 0 Å². The maximum absolute atomic E-state index is 12.5. The number of hydrogen-bond donors (Lipinski definition) is 0. The van der Waals surface area contributed by atoms with Crippen LogP contribution in [0.2, 0.25) is 0 Å². The van der Waals surface area contributed by atoms with Gasteiger partial charge >= 0.3 is 29.6 Å². The van der Waals surface area contributed by atoms with Crippen molar-refractivity contribution in [2.45, 2.75) is 78.7 Å². The third-order valence-corrected chi connectivity index (χ3v) is 9.11. The molecule has 0 amide bonds. The molecular weight excluding hydrogens is 427 g/mol. The first-order chi connectivity index (χ1) is 11.3. The van der Waals surface area contributed by atoms with E-state index in [1.54, 1.807) is 0 Å². The smallest absolute Gasteiger partial charge is 0.748 e. The van der Waals surface area contributed by atoms with Crippen molar-refractivity contribution in [3.8, 4) is 0 Å². The van der Waals surface area contributed by atoms with Gasteiger partial charge in [0, 0.05) is 18.5 Å². The molecule has 0 radical (unpaired) electrons. The number of nitrogens with zero attached hydrogens (tertiary/aromatic N) is 1. The molecule has 26 heavy (non-hydrogen) atoms. The molecule has 0 heterocycles. The molecule has 0 saturated heterocycles. The van der Waals surface area contributed by atoms with E-state index in [0.29, 0.717) is 3.94 Å². The molecule has 154 valence electrons. The molecule has 0 atom stereocenters. The zero-order chi connectivity index (χ0) is 20.1. The molecule has 0 aromatic heterocycles. The van der Waals surface area contributed by atoms with Crippen LogP contribution in [0, 0.1) is 0 Å². The minimum Gasteiger partial charge on any atom is -0.748 e. The standard InChI is InChI=1S/C12H27OP.C4H9Cl2NO3S.Na/c1-4-7-10-14(13,11-8-5-2)12-9-6-3;1-4(2,7(5)6)3-11(8,9)10;/h4-12H2,1-3H3;3H2,1-2H3,(H,8,9,10);/q;;+1/p-1. The molecule has 0 aliphatic heterocycles. The normalized spacial score (nSPS) is 12.3. The van der Waals surface area contributed by atoms with Gasteiger partial charge in [0.15, 0.2) is 0 Å². The van der Waals surface area contributed by atoms with Crippen molar-refractivity contribution in [1.82, 2.24) is 3.94 Å². The van der Waals surface area contributed by atoms with Crippen LogP contribution in [0.4, 0.5) is 0 Å². The molecule has 5 nitrogen and oxygen atoms in total. The first-order valence-corrected chi connectivity index (χ1v) is 13.5. The van der Waals surface area contributed by atoms with Gasteiger partial charge in [0.05, 0.1) is 28.6 Å². The molecule has 0 spiro atoms. The van der Waals surface area contributed by atoms with Crippen molar-refractivity contribution in [3.63, 3.8) is 0 Å². The second kappa shape index (κ2) is 16.5. The Morgan fingerprint density at radius 2 is 1.23 bits per heavy atom. The average molecular weight is 462 g/mol. The summed E-state index contributed by atoms with van der Waals surface area (Å²) in [7, 11) is -6.06. The van der Waals surface area contributed by atoms with E-state index in [2.05, 4.69) is 20.8 Å². The summed E-state index contributed by atoms with van der Waals surface area (Å²) in [6.07, 6.45) is 10.0. The molecule has 0 rings (SSSR count). The Kier molecular flexibility index (Phi) is 20.5. The summed E-state index contributed by atoms with van der Waals surface area (Å²) in [6.45, 7) is 9.45. The zero-order valence-corrected chi connectivity index (χ0v) is 22.5. The molecule has 0 N–H and O–H groups in total. The Hall–Kier alpha value is 1.68. The van der Waals surface area contributed by atoms with Gasteiger partial charge in [-0.15, -0.1) is 3.94 Å². The van der Waals surface area contributed by atoms with E-state index in [1.165, 1.54) is 33.1 Å². The topological polar surface area (TPSA) is 77.5 Å². The molecule has 0 aliphatic rings. The monoisotopic (exact) mass is 461 g/mol. The van der Waals surface area contributed by atoms with Crippen LogP contribution in [0.5, 0.6) is 0 Å². The first kappa shape index (κ1) is 32.3. The van der Waals surface area contributed by atoms with Gasteiger partial charge in [-0.3, -0.25) is 0 Å². The number of halogens is 2. The SMILES string of the molecule is CC(C)(CS(=O)(=O)[O-])N(Cl)Cl.CCCCP(=O)(CCCC)CCCC.[Na+]. The maximum atomic E-state index is 12.5. The van der Waals surface area contributed by atoms with E-state index < -0.39 is 28.6 Å². The van der Waals surface area contributed by atoms with Gasteiger partial charge in [-0.1, -0.05) is 40.0 Å². The Morgan fingerprint density at radius 1 is 0.923 bits per heavy atom. The van der Waals surface area contributed by atoms with Gasteiger partial charge in [0.25, 0.3) is 0 Å². The summed E-state index contributed by atoms with van der Waals surface area (Å²) in [5, 5.41) is 0. The molecule has 0 bridgehead atoms. The van der Waals surface area contributed by atoms with Gasteiger partial charge in [-0.25, -0.2) is 8.42 Å². The number of unbranched alkanes of at least 4 members (excludes halogenated alkanes) is 3. The second-order valence-corrected chi connectivity index (χ2v) is 12.7. The van der Waals surface area contributed by atoms with E-state index in [9.17, 15) is 17.5 Å². The maximum Gasteiger partial charge on any atom is 1.00 e. The van der Waals surface area contributed by atoms with Crippen LogP contribution in [-0.2, 0) is 14.7 Å². The third kappa shape index (κ3) is 19.0. The van der Waals surface area contributed by atoms with Crippen molar-refractivity contribution in [3.05, 3.63) is 0 Å². The van der Waals surface area contributed by atoms with Gasteiger partial charge in [0.2, 0.25) is 0 Å². The molecule has 0 saturated carbocycles. The summed E-state index contributed by atoms with van der Waals surface area (Å²) >= 11 is 10.5. The van der Waals surface area contributed by atoms with Crippen molar-refractivity contribution >= 4 is 40.8 Å². The van der Waals surface area contributed by atoms with Gasteiger partial charge < -0.3 is 9.12 Å². The summed E-state index contributed by atoms with van der Waals surface area (Å²) in [4.78, 5) is 0. The van der Waals surface area contributed by atoms with E-state index in [-0.39, 0.29) is 29.6 Å². The Balaban J connectivity index is -0.000000402. The first-order valence-electron chi connectivity index (χ1n) is 8.96. The minimum atomic E-state index is -4.29. The molecule has 10 heteroatoms. The van der Waals surface area contributed by atoms with Crippen LogP contribution in [0.1, 0.15) is 73.1 Å². The fourth-order valence-electron chi connectivity index (χ4n) is 2.16. The van der Waals surface area contributed by atoms with Crippen LogP contribution in [0.25, 0.3) is 0 Å². The summed E-state index contributed by atoms with van der Waals surface area (Å²) in [6, 6.07) is 0. The van der Waals surface area contributed by atoms with E-state index >= 15 is 0 Å². The molecule has 0 aliphatic carbocycles. The molecular formula is C16H35Cl2NNaO4PS. The zero-order valence-electron chi connectivity index (χ0n) is 17.3. The fourth-order valence-corrected chi connectivity index (χ4v) is 6.76. The van der Waals surface area contributed by atoms with Crippen molar-refractivity contribution in [2.24, 2.45) is 0 Å². The van der Waals surface area contributed by atoms with Crippen LogP contribution in [0.15, 0.2) is 0 Å². The predicted molar refractivity (Wildman–Crippen MR) is 109 cm³/mol. The quantitative estimate of drug-likeness (QED) is 0.193. The summed E-state index contributed by atoms with van der Waals surface area (Å²) < 4.78 is 43.9. The third-order valence-electron chi connectivity index (χ3n) is 3.75. The Morgan fingerprint density at radius 3 is 1.38 bits per heavy atom. The van der Waals surface area contributed by atoms with Crippen LogP contribution in [0.3, 0.4) is 0 Å². The minimum absolute atomic E-state index is 0. The van der Waals surface area contributed by atoms with Crippen molar-refractivity contribution in [2.75, 3.05) is 24.2 Å². The molecule has 0 fully saturated rings. The fraction of sp³-hybridized carbons (Fsp3) is 1.00. The van der Waals surface area contributed by atoms with Crippen molar-refractivity contribution < 1.29 is 47.1 Å². The average Bonchev–Trinajstić information content (AvgIpc) is 2.47. The van der Waals surface area contributed by atoms with E-state index in [1.807, 2.05) is 0 Å². The largest absolute Gasteiger partial charge is 1.00 e. The van der Waals surface area contributed by atoms with Gasteiger partial charge in [-0.05, 0) is 56.7 Å². The Bertz CT molecular complexity index is 462. The predicted octanol–water partition coefficient (Wildman–Crippen LogP) is 2.67. The summed E-state index contributed by atoms with van der Waals surface area (Å²) in [5.74, 6) is -0.618. The molecule has 0 aromatic rings. The van der Waals surface area contributed by atoms with Crippen LogP contribution < -0.4 is 29.6 Å². The van der Waals surface area contributed by atoms with Gasteiger partial charge in [-0.2, -0.15) is 0 Å². The molecule has 0 unspecified atom stereocenters. The van der Waals surface area contributed by atoms with E-state index in [4.69, 9.17) is 23.6 Å².